The van der Waals surface area contributed by atoms with Crippen molar-refractivity contribution in [2.45, 2.75) is 0 Å². The summed E-state index contributed by atoms with van der Waals surface area (Å²) < 4.78 is 20.4. The van der Waals surface area contributed by atoms with Crippen LogP contribution in [0.2, 0.25) is 0 Å². The van der Waals surface area contributed by atoms with Gasteiger partial charge in [-0.25, -0.2) is 0 Å². The van der Waals surface area contributed by atoms with Gasteiger partial charge in [0.15, 0.2) is 16.7 Å². The highest BCUT2D eigenvalue weighted by Gasteiger charge is 2.23. The van der Waals surface area contributed by atoms with Gasteiger partial charge in [0, 0.05) is 92.9 Å². The minimum atomic E-state index is 0.692. The third-order valence-electron chi connectivity index (χ3n) is 12.1. The largest absolute Gasteiger partial charge is 0.454 e. The third kappa shape index (κ3) is 5.58. The quantitative estimate of drug-likeness (QED) is 0.164. The van der Waals surface area contributed by atoms with Gasteiger partial charge in [0.1, 0.15) is 33.3 Å². The molecular formula is C55H31N5O3. The molecule has 8 aromatic heterocycles. The maximum atomic E-state index is 6.97. The molecule has 0 unspecified atom stereocenters. The molecular weight excluding hydrogens is 779 g/mol. The number of benzene rings is 5. The van der Waals surface area contributed by atoms with Gasteiger partial charge in [-0.3, -0.25) is 24.9 Å². The first-order valence-electron chi connectivity index (χ1n) is 20.7. The van der Waals surface area contributed by atoms with Crippen molar-refractivity contribution < 1.29 is 13.3 Å². The maximum absolute atomic E-state index is 6.97. The average molecular weight is 810 g/mol. The van der Waals surface area contributed by atoms with Crippen LogP contribution < -0.4 is 0 Å². The summed E-state index contributed by atoms with van der Waals surface area (Å²) in [7, 11) is 0. The second-order valence-corrected chi connectivity index (χ2v) is 15.6. The van der Waals surface area contributed by atoms with Crippen LogP contribution in [0, 0.1) is 0 Å². The van der Waals surface area contributed by atoms with E-state index in [-0.39, 0.29) is 0 Å². The molecule has 294 valence electrons. The summed E-state index contributed by atoms with van der Waals surface area (Å²) >= 11 is 0. The van der Waals surface area contributed by atoms with Crippen LogP contribution >= 0.6 is 0 Å². The van der Waals surface area contributed by atoms with Crippen LogP contribution in [-0.4, -0.2) is 24.9 Å². The number of pyridine rings is 5. The highest BCUT2D eigenvalue weighted by Crippen LogP contribution is 2.46. The van der Waals surface area contributed by atoms with Crippen LogP contribution in [-0.2, 0) is 0 Å². The lowest BCUT2D eigenvalue weighted by Crippen LogP contribution is -1.91. The lowest BCUT2D eigenvalue weighted by molar-refractivity contribution is 0.668. The van der Waals surface area contributed by atoms with E-state index in [0.29, 0.717) is 16.7 Å². The summed E-state index contributed by atoms with van der Waals surface area (Å²) in [5.74, 6) is 0. The summed E-state index contributed by atoms with van der Waals surface area (Å²) in [6.07, 6.45) is 12.9. The van der Waals surface area contributed by atoms with E-state index in [4.69, 9.17) is 28.2 Å². The lowest BCUT2D eigenvalue weighted by atomic mass is 9.90. The predicted octanol–water partition coefficient (Wildman–Crippen LogP) is 14.4. The highest BCUT2D eigenvalue weighted by molar-refractivity contribution is 6.15. The Kier molecular flexibility index (Phi) is 7.74. The number of nitrogens with zero attached hydrogens (tertiary/aromatic N) is 5. The van der Waals surface area contributed by atoms with E-state index in [1.54, 1.807) is 12.4 Å². The Hall–Kier alpha value is -8.75. The van der Waals surface area contributed by atoms with Gasteiger partial charge in [0.2, 0.25) is 0 Å². The summed E-state index contributed by atoms with van der Waals surface area (Å²) in [6.45, 7) is 0. The number of furan rings is 3. The van der Waals surface area contributed by atoms with E-state index in [9.17, 15) is 0 Å². The van der Waals surface area contributed by atoms with Crippen LogP contribution in [0.25, 0.3) is 133 Å². The van der Waals surface area contributed by atoms with E-state index in [1.165, 1.54) is 0 Å². The molecule has 0 aliphatic heterocycles. The Balaban J connectivity index is 1.05. The lowest BCUT2D eigenvalue weighted by Gasteiger charge is -2.14. The van der Waals surface area contributed by atoms with E-state index >= 15 is 0 Å². The summed E-state index contributed by atoms with van der Waals surface area (Å²) in [6, 6.07) is 49.6. The van der Waals surface area contributed by atoms with Crippen LogP contribution in [0.15, 0.2) is 202 Å². The number of hydrogen-bond donors (Lipinski definition) is 0. The van der Waals surface area contributed by atoms with Crippen molar-refractivity contribution in [2.24, 2.45) is 0 Å². The van der Waals surface area contributed by atoms with Gasteiger partial charge in [-0.1, -0.05) is 78.9 Å². The molecule has 0 saturated heterocycles. The second kappa shape index (κ2) is 13.9. The molecule has 5 aromatic carbocycles. The van der Waals surface area contributed by atoms with Gasteiger partial charge in [-0.2, -0.15) is 0 Å². The fraction of sp³-hybridized carbons (Fsp3) is 0. The molecule has 0 aliphatic rings. The van der Waals surface area contributed by atoms with Gasteiger partial charge in [-0.15, -0.1) is 0 Å². The Labute approximate surface area is 358 Å². The van der Waals surface area contributed by atoms with E-state index < -0.39 is 0 Å². The van der Waals surface area contributed by atoms with Crippen LogP contribution in [0.3, 0.4) is 0 Å². The molecule has 0 amide bonds. The first-order chi connectivity index (χ1) is 31.2. The molecule has 0 radical (unpaired) electrons. The minimum absolute atomic E-state index is 0.692. The molecule has 0 bridgehead atoms. The Bertz CT molecular complexity index is 3910. The molecule has 0 saturated carbocycles. The van der Waals surface area contributed by atoms with Gasteiger partial charge in [0.05, 0.1) is 0 Å². The topological polar surface area (TPSA) is 104 Å². The van der Waals surface area contributed by atoms with Crippen molar-refractivity contribution in [3.63, 3.8) is 0 Å². The summed E-state index contributed by atoms with van der Waals surface area (Å²) in [5, 5.41) is 2.81. The fourth-order valence-corrected chi connectivity index (χ4v) is 9.09. The highest BCUT2D eigenvalue weighted by atomic mass is 16.3. The van der Waals surface area contributed by atoms with Gasteiger partial charge in [0.25, 0.3) is 0 Å². The zero-order chi connectivity index (χ0) is 41.4. The molecule has 8 heteroatoms. The second-order valence-electron chi connectivity index (χ2n) is 15.6. The molecule has 13 aromatic rings. The number of fused-ring (bicyclic) bond motifs is 9. The predicted molar refractivity (Wildman–Crippen MR) is 250 cm³/mol. The molecule has 8 nitrogen and oxygen atoms in total. The monoisotopic (exact) mass is 809 g/mol. The number of aromatic nitrogens is 5. The molecule has 0 aliphatic carbocycles. The van der Waals surface area contributed by atoms with Crippen LogP contribution in [0.5, 0.6) is 0 Å². The molecule has 0 N–H and O–H groups in total. The van der Waals surface area contributed by atoms with Crippen LogP contribution in [0.1, 0.15) is 0 Å². The first-order valence-corrected chi connectivity index (χ1v) is 20.7. The Morgan fingerprint density at radius 1 is 0.286 bits per heavy atom. The maximum Gasteiger partial charge on any atom is 0.161 e. The SMILES string of the molecule is c1ccc(-c2cccc3c2oc2c(-c4cc(-c5ccnc6c5oc5ccc(-c7cccnc7)cc56)ccc4-c4ccnc5c4oc4ccc(-c6cccnc6)cc45)ccnc23)cc1. The Morgan fingerprint density at radius 2 is 0.825 bits per heavy atom. The van der Waals surface area contributed by atoms with E-state index in [0.717, 1.165) is 116 Å². The van der Waals surface area contributed by atoms with E-state index in [1.807, 2.05) is 91.6 Å². The number of para-hydroxylation sites is 1. The zero-order valence-electron chi connectivity index (χ0n) is 33.4. The average Bonchev–Trinajstić information content (AvgIpc) is 4.06. The van der Waals surface area contributed by atoms with Gasteiger partial charge in [-0.05, 0) is 100 Å². The smallest absolute Gasteiger partial charge is 0.161 e. The van der Waals surface area contributed by atoms with Crippen molar-refractivity contribution >= 4 is 66.2 Å². The summed E-state index contributed by atoms with van der Waals surface area (Å²) in [5.41, 5.74) is 18.5. The van der Waals surface area contributed by atoms with Crippen molar-refractivity contribution in [3.05, 3.63) is 189 Å². The van der Waals surface area contributed by atoms with Crippen molar-refractivity contribution in [2.75, 3.05) is 0 Å². The fourth-order valence-electron chi connectivity index (χ4n) is 9.09. The molecule has 63 heavy (non-hydrogen) atoms. The number of rotatable bonds is 6. The molecule has 13 rings (SSSR count). The zero-order valence-corrected chi connectivity index (χ0v) is 33.4. The molecule has 0 spiro atoms. The normalized spacial score (nSPS) is 11.8. The van der Waals surface area contributed by atoms with Crippen molar-refractivity contribution in [1.82, 2.24) is 24.9 Å². The number of hydrogen-bond acceptors (Lipinski definition) is 8. The summed E-state index contributed by atoms with van der Waals surface area (Å²) in [4.78, 5) is 23.4. The van der Waals surface area contributed by atoms with Gasteiger partial charge >= 0.3 is 0 Å². The third-order valence-corrected chi connectivity index (χ3v) is 12.1. The minimum Gasteiger partial charge on any atom is -0.454 e. The van der Waals surface area contributed by atoms with Crippen molar-refractivity contribution in [3.8, 4) is 66.8 Å². The molecule has 0 fully saturated rings. The standard InChI is InChI=1S/C55H31N5O3/c1-2-7-32(8-3-1)38-11-4-12-43-49-55(63-52(38)43)42(21-26-58-49)44-29-35(39-19-24-59-50-45-27-33(36-9-5-22-56-30-36)14-17-47(45)61-53(39)50)13-16-40(44)41-20-25-60-51-46-28-34(37-10-6-23-57-31-37)15-18-48(46)62-54(41)51/h1-31H. The molecule has 8 heterocycles. The first kappa shape index (κ1) is 35.0. The van der Waals surface area contributed by atoms with E-state index in [2.05, 4.69) is 94.9 Å². The van der Waals surface area contributed by atoms with Crippen LogP contribution in [0.4, 0.5) is 0 Å². The van der Waals surface area contributed by atoms with Crippen molar-refractivity contribution in [1.29, 1.82) is 0 Å². The Morgan fingerprint density at radius 3 is 1.46 bits per heavy atom. The van der Waals surface area contributed by atoms with Gasteiger partial charge < -0.3 is 13.3 Å². The molecule has 0 atom stereocenters.